The monoisotopic (exact) mass is 257 g/mol. The standard InChI is InChI=1S/C12H23N3O3/c1-8-4-14-9(5-13-8)12(16)15-6-10(17-2)11(7-15)18-3/h8-11,13-14H,4-7H2,1-3H3. The lowest BCUT2D eigenvalue weighted by atomic mass is 10.1. The fraction of sp³-hybridized carbons (Fsp3) is 0.917. The molecular formula is C12H23N3O3. The molecule has 0 aromatic heterocycles. The van der Waals surface area contributed by atoms with Gasteiger partial charge in [-0.1, -0.05) is 0 Å². The van der Waals surface area contributed by atoms with E-state index in [4.69, 9.17) is 9.47 Å². The van der Waals surface area contributed by atoms with Gasteiger partial charge < -0.3 is 25.0 Å². The van der Waals surface area contributed by atoms with Crippen molar-refractivity contribution >= 4 is 5.91 Å². The molecule has 18 heavy (non-hydrogen) atoms. The van der Waals surface area contributed by atoms with E-state index in [9.17, 15) is 4.79 Å². The molecule has 6 heteroatoms. The Kier molecular flexibility index (Phi) is 4.55. The lowest BCUT2D eigenvalue weighted by molar-refractivity contribution is -0.133. The summed E-state index contributed by atoms with van der Waals surface area (Å²) in [5.41, 5.74) is 0. The third-order valence-corrected chi connectivity index (χ3v) is 3.77. The van der Waals surface area contributed by atoms with Crippen LogP contribution in [0.5, 0.6) is 0 Å². The van der Waals surface area contributed by atoms with Crippen LogP contribution in [0.2, 0.25) is 0 Å². The minimum Gasteiger partial charge on any atom is -0.377 e. The summed E-state index contributed by atoms with van der Waals surface area (Å²) < 4.78 is 10.7. The highest BCUT2D eigenvalue weighted by Gasteiger charge is 2.38. The van der Waals surface area contributed by atoms with Gasteiger partial charge in [-0.25, -0.2) is 0 Å². The zero-order chi connectivity index (χ0) is 13.1. The number of carbonyl (C=O) groups is 1. The number of nitrogens with one attached hydrogen (secondary N) is 2. The van der Waals surface area contributed by atoms with Crippen molar-refractivity contribution in [3.8, 4) is 0 Å². The molecule has 6 nitrogen and oxygen atoms in total. The Morgan fingerprint density at radius 2 is 1.72 bits per heavy atom. The van der Waals surface area contributed by atoms with Crippen LogP contribution in [0.25, 0.3) is 0 Å². The number of piperazine rings is 1. The van der Waals surface area contributed by atoms with Crippen LogP contribution in [0.4, 0.5) is 0 Å². The van der Waals surface area contributed by atoms with E-state index in [1.807, 2.05) is 4.90 Å². The van der Waals surface area contributed by atoms with Gasteiger partial charge in [-0.15, -0.1) is 0 Å². The van der Waals surface area contributed by atoms with E-state index in [1.54, 1.807) is 14.2 Å². The average molecular weight is 257 g/mol. The van der Waals surface area contributed by atoms with Crippen LogP contribution in [0.1, 0.15) is 6.92 Å². The van der Waals surface area contributed by atoms with Crippen LogP contribution in [-0.4, -0.2) is 75.5 Å². The summed E-state index contributed by atoms with van der Waals surface area (Å²) in [7, 11) is 3.32. The topological polar surface area (TPSA) is 62.8 Å². The van der Waals surface area contributed by atoms with Crippen molar-refractivity contribution in [2.45, 2.75) is 31.2 Å². The molecule has 2 saturated heterocycles. The van der Waals surface area contributed by atoms with Gasteiger partial charge in [-0.2, -0.15) is 0 Å². The number of amides is 1. The largest absolute Gasteiger partial charge is 0.377 e. The van der Waals surface area contributed by atoms with E-state index in [0.29, 0.717) is 25.7 Å². The molecule has 0 aromatic rings. The zero-order valence-corrected chi connectivity index (χ0v) is 11.3. The molecule has 2 aliphatic rings. The van der Waals surface area contributed by atoms with Crippen LogP contribution in [0.15, 0.2) is 0 Å². The van der Waals surface area contributed by atoms with Crippen LogP contribution in [0.3, 0.4) is 0 Å². The predicted molar refractivity (Wildman–Crippen MR) is 67.4 cm³/mol. The van der Waals surface area contributed by atoms with Gasteiger partial charge in [0.05, 0.1) is 6.04 Å². The minimum atomic E-state index is -0.130. The lowest BCUT2D eigenvalue weighted by Crippen LogP contribution is -2.59. The molecule has 4 unspecified atom stereocenters. The number of ether oxygens (including phenoxy) is 2. The van der Waals surface area contributed by atoms with Gasteiger partial charge in [0.15, 0.2) is 0 Å². The first-order chi connectivity index (χ1) is 8.65. The van der Waals surface area contributed by atoms with Gasteiger partial charge in [-0.3, -0.25) is 4.79 Å². The summed E-state index contributed by atoms with van der Waals surface area (Å²) in [4.78, 5) is 14.2. The van der Waals surface area contributed by atoms with Crippen molar-refractivity contribution < 1.29 is 14.3 Å². The first-order valence-corrected chi connectivity index (χ1v) is 6.46. The molecule has 2 N–H and O–H groups in total. The van der Waals surface area contributed by atoms with Crippen molar-refractivity contribution in [2.75, 3.05) is 40.4 Å². The van der Waals surface area contributed by atoms with E-state index < -0.39 is 0 Å². The van der Waals surface area contributed by atoms with Crippen LogP contribution in [0, 0.1) is 0 Å². The Balaban J connectivity index is 1.90. The Labute approximate surface area is 108 Å². The quantitative estimate of drug-likeness (QED) is 0.665. The SMILES string of the molecule is COC1CN(C(=O)C2CNC(C)CN2)CC1OC. The molecule has 2 heterocycles. The third-order valence-electron chi connectivity index (χ3n) is 3.77. The van der Waals surface area contributed by atoms with Crippen LogP contribution < -0.4 is 10.6 Å². The summed E-state index contributed by atoms with van der Waals surface area (Å²) in [6.07, 6.45) is -0.0381. The average Bonchev–Trinajstić information content (AvgIpc) is 2.82. The second kappa shape index (κ2) is 5.97. The van der Waals surface area contributed by atoms with Crippen molar-refractivity contribution in [2.24, 2.45) is 0 Å². The molecule has 0 aromatic carbocycles. The minimum absolute atomic E-state index is 0.0191. The van der Waals surface area contributed by atoms with Crippen molar-refractivity contribution in [3.63, 3.8) is 0 Å². The van der Waals surface area contributed by atoms with E-state index >= 15 is 0 Å². The lowest BCUT2D eigenvalue weighted by Gasteiger charge is -2.31. The van der Waals surface area contributed by atoms with E-state index in [2.05, 4.69) is 17.6 Å². The van der Waals surface area contributed by atoms with Gasteiger partial charge in [0.25, 0.3) is 0 Å². The number of hydrogen-bond donors (Lipinski definition) is 2. The highest BCUT2D eigenvalue weighted by atomic mass is 16.5. The Morgan fingerprint density at radius 3 is 2.17 bits per heavy atom. The smallest absolute Gasteiger partial charge is 0.241 e. The number of hydrogen-bond acceptors (Lipinski definition) is 5. The molecule has 2 fully saturated rings. The Hall–Kier alpha value is -0.690. The maximum absolute atomic E-state index is 12.3. The summed E-state index contributed by atoms with van der Waals surface area (Å²) in [5.74, 6) is 0.135. The fourth-order valence-electron chi connectivity index (χ4n) is 2.55. The molecule has 2 rings (SSSR count). The van der Waals surface area contributed by atoms with Gasteiger partial charge >= 0.3 is 0 Å². The Bertz CT molecular complexity index is 280. The fourth-order valence-corrected chi connectivity index (χ4v) is 2.55. The van der Waals surface area contributed by atoms with E-state index in [1.165, 1.54) is 0 Å². The van der Waals surface area contributed by atoms with Gasteiger partial charge in [0.2, 0.25) is 5.91 Å². The summed E-state index contributed by atoms with van der Waals surface area (Å²) in [5, 5.41) is 6.59. The van der Waals surface area contributed by atoms with Crippen molar-refractivity contribution in [1.82, 2.24) is 15.5 Å². The van der Waals surface area contributed by atoms with Crippen molar-refractivity contribution in [3.05, 3.63) is 0 Å². The third kappa shape index (κ3) is 2.83. The second-order valence-corrected chi connectivity index (χ2v) is 5.06. The molecule has 1 amide bonds. The normalized spacial score (nSPS) is 36.9. The van der Waals surface area contributed by atoms with Crippen LogP contribution in [-0.2, 0) is 14.3 Å². The number of likely N-dealkylation sites (tertiary alicyclic amines) is 1. The second-order valence-electron chi connectivity index (χ2n) is 5.06. The highest BCUT2D eigenvalue weighted by Crippen LogP contribution is 2.16. The Morgan fingerprint density at radius 1 is 1.11 bits per heavy atom. The van der Waals surface area contributed by atoms with Gasteiger partial charge in [-0.05, 0) is 6.92 Å². The first-order valence-electron chi connectivity index (χ1n) is 6.46. The van der Waals surface area contributed by atoms with E-state index in [0.717, 1.165) is 6.54 Å². The van der Waals surface area contributed by atoms with Crippen molar-refractivity contribution in [1.29, 1.82) is 0 Å². The van der Waals surface area contributed by atoms with Gasteiger partial charge in [0, 0.05) is 46.4 Å². The molecule has 4 atom stereocenters. The molecule has 0 bridgehead atoms. The maximum atomic E-state index is 12.3. The van der Waals surface area contributed by atoms with Crippen LogP contribution >= 0.6 is 0 Å². The summed E-state index contributed by atoms with van der Waals surface area (Å²) in [6, 6.07) is 0.292. The molecular weight excluding hydrogens is 234 g/mol. The number of rotatable bonds is 3. The number of carbonyl (C=O) groups excluding carboxylic acids is 1. The molecule has 2 aliphatic heterocycles. The molecule has 104 valence electrons. The molecule has 0 aliphatic carbocycles. The van der Waals surface area contributed by atoms with E-state index in [-0.39, 0.29) is 24.2 Å². The molecule has 0 saturated carbocycles. The maximum Gasteiger partial charge on any atom is 0.241 e. The van der Waals surface area contributed by atoms with Gasteiger partial charge in [0.1, 0.15) is 12.2 Å². The summed E-state index contributed by atoms with van der Waals surface area (Å²) >= 11 is 0. The first kappa shape index (κ1) is 13.7. The summed E-state index contributed by atoms with van der Waals surface area (Å²) in [6.45, 7) is 4.84. The highest BCUT2D eigenvalue weighted by molar-refractivity contribution is 5.82. The number of nitrogens with zero attached hydrogens (tertiary/aromatic N) is 1. The molecule has 0 radical (unpaired) electrons. The predicted octanol–water partition coefficient (Wildman–Crippen LogP) is -1.19. The molecule has 0 spiro atoms. The number of methoxy groups -OCH3 is 2. The zero-order valence-electron chi connectivity index (χ0n) is 11.3.